The number of fused-ring (bicyclic) bond motifs is 2. The molecule has 3 unspecified atom stereocenters. The average molecular weight is 381 g/mol. The van der Waals surface area contributed by atoms with Crippen LogP contribution in [-0.4, -0.2) is 51.0 Å². The van der Waals surface area contributed by atoms with Crippen LogP contribution in [0.1, 0.15) is 38.4 Å². The summed E-state index contributed by atoms with van der Waals surface area (Å²) >= 11 is 0. The highest BCUT2D eigenvalue weighted by Crippen LogP contribution is 2.35. The van der Waals surface area contributed by atoms with Crippen molar-refractivity contribution in [1.29, 1.82) is 0 Å². The Hall–Kier alpha value is -2.60. The summed E-state index contributed by atoms with van der Waals surface area (Å²) in [4.78, 5) is 30.8. The van der Waals surface area contributed by atoms with Crippen molar-refractivity contribution in [1.82, 2.24) is 15.2 Å². The van der Waals surface area contributed by atoms with E-state index in [0.29, 0.717) is 19.4 Å². The lowest BCUT2D eigenvalue weighted by Crippen LogP contribution is -2.65. The van der Waals surface area contributed by atoms with E-state index in [0.717, 1.165) is 22.2 Å². The van der Waals surface area contributed by atoms with Crippen LogP contribution in [-0.2, 0) is 21.4 Å². The van der Waals surface area contributed by atoms with Gasteiger partial charge in [-0.3, -0.25) is 9.59 Å². The summed E-state index contributed by atoms with van der Waals surface area (Å²) in [5.74, 6) is -0.411. The molecule has 2 aliphatic rings. The first kappa shape index (κ1) is 18.7. The maximum Gasteiger partial charge on any atom is 0.246 e. The van der Waals surface area contributed by atoms with Crippen molar-refractivity contribution in [3.8, 4) is 0 Å². The number of aliphatic hydroxyl groups is 1. The molecule has 2 fully saturated rings. The van der Waals surface area contributed by atoms with Gasteiger partial charge in [0.1, 0.15) is 12.1 Å². The minimum atomic E-state index is -1.18. The van der Waals surface area contributed by atoms with E-state index in [-0.39, 0.29) is 17.2 Å². The Morgan fingerprint density at radius 2 is 2.07 bits per heavy atom. The van der Waals surface area contributed by atoms with E-state index in [1.54, 1.807) is 6.92 Å². The third-order valence-corrected chi connectivity index (χ3v) is 6.28. The van der Waals surface area contributed by atoms with Crippen LogP contribution >= 0.6 is 0 Å². The van der Waals surface area contributed by atoms with E-state index >= 15 is 0 Å². The molecule has 0 spiro atoms. The Bertz CT molecular complexity index is 973. The van der Waals surface area contributed by atoms with Gasteiger partial charge in [0.05, 0.1) is 5.60 Å². The van der Waals surface area contributed by atoms with Gasteiger partial charge < -0.3 is 20.3 Å². The van der Waals surface area contributed by atoms with E-state index in [1.165, 1.54) is 4.90 Å². The molecule has 3 heterocycles. The number of benzene rings is 1. The number of nitrogens with one attached hydrogen (secondary N) is 2. The third kappa shape index (κ3) is 2.75. The van der Waals surface area contributed by atoms with Gasteiger partial charge in [-0.2, -0.15) is 0 Å². The molecule has 6 nitrogen and oxygen atoms in total. The summed E-state index contributed by atoms with van der Waals surface area (Å²) in [7, 11) is 0. The molecule has 3 N–H and O–H groups in total. The molecule has 0 radical (unpaired) electrons. The maximum atomic E-state index is 13.1. The lowest BCUT2D eigenvalue weighted by Gasteiger charge is -2.38. The molecule has 0 saturated carbocycles. The van der Waals surface area contributed by atoms with Gasteiger partial charge >= 0.3 is 0 Å². The number of piperazine rings is 1. The van der Waals surface area contributed by atoms with Crippen molar-refractivity contribution < 1.29 is 14.7 Å². The summed E-state index contributed by atoms with van der Waals surface area (Å²) in [6.45, 7) is 10.1. The second-order valence-corrected chi connectivity index (χ2v) is 8.76. The predicted octanol–water partition coefficient (Wildman–Crippen LogP) is 2.02. The van der Waals surface area contributed by atoms with Gasteiger partial charge in [0.25, 0.3) is 0 Å². The number of aromatic nitrogens is 1. The number of nitrogens with zero attached hydrogens (tertiary/aromatic N) is 1. The van der Waals surface area contributed by atoms with Gasteiger partial charge in [-0.05, 0) is 25.0 Å². The van der Waals surface area contributed by atoms with Gasteiger partial charge in [0, 0.05) is 35.0 Å². The smallest absolute Gasteiger partial charge is 0.246 e. The lowest BCUT2D eigenvalue weighted by atomic mass is 9.84. The van der Waals surface area contributed by atoms with Crippen LogP contribution in [0.2, 0.25) is 0 Å². The molecule has 1 aromatic heterocycles. The van der Waals surface area contributed by atoms with Crippen LogP contribution in [0.3, 0.4) is 0 Å². The number of aromatic amines is 1. The zero-order valence-corrected chi connectivity index (χ0v) is 16.6. The normalized spacial score (nSPS) is 27.8. The Balaban J connectivity index is 1.73. The van der Waals surface area contributed by atoms with E-state index in [9.17, 15) is 14.7 Å². The number of H-pyrrole nitrogens is 1. The van der Waals surface area contributed by atoms with Crippen LogP contribution in [0.15, 0.2) is 36.9 Å². The van der Waals surface area contributed by atoms with Gasteiger partial charge in [0.15, 0.2) is 0 Å². The Morgan fingerprint density at radius 3 is 2.79 bits per heavy atom. The van der Waals surface area contributed by atoms with Crippen LogP contribution in [0, 0.1) is 0 Å². The number of carbonyl (C=O) groups excluding carboxylic acids is 2. The first-order chi connectivity index (χ1) is 13.2. The number of allylic oxidation sites excluding steroid dienone is 1. The molecule has 4 rings (SSSR count). The van der Waals surface area contributed by atoms with Crippen molar-refractivity contribution in [2.75, 3.05) is 6.54 Å². The average Bonchev–Trinajstić information content (AvgIpc) is 3.18. The fraction of sp³-hybridized carbons (Fsp3) is 0.455. The number of carbonyl (C=O) groups is 2. The summed E-state index contributed by atoms with van der Waals surface area (Å²) < 4.78 is 0. The third-order valence-electron chi connectivity index (χ3n) is 6.28. The summed E-state index contributed by atoms with van der Waals surface area (Å²) in [6.07, 6.45) is 2.69. The zero-order valence-electron chi connectivity index (χ0n) is 16.6. The van der Waals surface area contributed by atoms with Crippen molar-refractivity contribution in [3.05, 3.63) is 48.2 Å². The highest BCUT2D eigenvalue weighted by molar-refractivity contribution is 5.99. The number of amides is 2. The quantitative estimate of drug-likeness (QED) is 0.709. The molecule has 2 aliphatic heterocycles. The van der Waals surface area contributed by atoms with Crippen molar-refractivity contribution in [3.63, 3.8) is 0 Å². The van der Waals surface area contributed by atoms with Crippen LogP contribution in [0.25, 0.3) is 10.9 Å². The van der Waals surface area contributed by atoms with Crippen molar-refractivity contribution >= 4 is 22.7 Å². The molecule has 6 heteroatoms. The summed E-state index contributed by atoms with van der Waals surface area (Å²) in [6, 6.07) is 6.54. The monoisotopic (exact) mass is 381 g/mol. The van der Waals surface area contributed by atoms with E-state index < -0.39 is 17.7 Å². The Labute approximate surface area is 164 Å². The van der Waals surface area contributed by atoms with Gasteiger partial charge in [-0.25, -0.2) is 0 Å². The van der Waals surface area contributed by atoms with Crippen molar-refractivity contribution in [2.24, 2.45) is 0 Å². The first-order valence-electron chi connectivity index (χ1n) is 9.72. The molecule has 2 aromatic rings. The molecule has 0 aliphatic carbocycles. The molecular formula is C22H27N3O3. The first-order valence-corrected chi connectivity index (χ1v) is 9.72. The van der Waals surface area contributed by atoms with Gasteiger partial charge in [-0.1, -0.05) is 38.1 Å². The molecule has 3 atom stereocenters. The van der Waals surface area contributed by atoms with E-state index in [4.69, 9.17) is 0 Å². The van der Waals surface area contributed by atoms with Gasteiger partial charge in [-0.15, -0.1) is 6.58 Å². The van der Waals surface area contributed by atoms with Crippen LogP contribution in [0.5, 0.6) is 0 Å². The maximum absolute atomic E-state index is 13.1. The van der Waals surface area contributed by atoms with E-state index in [2.05, 4.69) is 30.7 Å². The fourth-order valence-corrected chi connectivity index (χ4v) is 4.53. The minimum Gasteiger partial charge on any atom is -0.387 e. The molecule has 2 saturated heterocycles. The number of rotatable bonds is 4. The van der Waals surface area contributed by atoms with Crippen LogP contribution < -0.4 is 5.32 Å². The number of para-hydroxylation sites is 1. The number of hydrogen-bond donors (Lipinski definition) is 3. The van der Waals surface area contributed by atoms with E-state index in [1.807, 2.05) is 30.3 Å². The molecule has 0 bridgehead atoms. The summed E-state index contributed by atoms with van der Waals surface area (Å²) in [5, 5.41) is 14.4. The number of hydrogen-bond acceptors (Lipinski definition) is 3. The Morgan fingerprint density at radius 1 is 1.36 bits per heavy atom. The largest absolute Gasteiger partial charge is 0.387 e. The molecular weight excluding hydrogens is 354 g/mol. The predicted molar refractivity (Wildman–Crippen MR) is 108 cm³/mol. The second kappa shape index (κ2) is 6.21. The standard InChI is InChI=1S/C22H27N3O3/c1-5-21(2,3)17-14(13-8-6-7-9-15(13)23-17)12-16-20(27)25-11-10-22(4,28)18(25)19(26)24-16/h5-9,16,18,23,28H,1,10-12H2,2-4H3,(H,24,26). The SMILES string of the molecule is C=CC(C)(C)c1[nH]c2ccccc2c1CC1NC(=O)C2N(CCC2(C)O)C1=O. The lowest BCUT2D eigenvalue weighted by molar-refractivity contribution is -0.152. The zero-order chi connectivity index (χ0) is 20.3. The van der Waals surface area contributed by atoms with Crippen LogP contribution in [0.4, 0.5) is 0 Å². The van der Waals surface area contributed by atoms with Gasteiger partial charge in [0.2, 0.25) is 11.8 Å². The Kier molecular flexibility index (Phi) is 4.16. The van der Waals surface area contributed by atoms with Crippen molar-refractivity contribution in [2.45, 2.75) is 56.7 Å². The minimum absolute atomic E-state index is 0.130. The molecule has 148 valence electrons. The highest BCUT2D eigenvalue weighted by atomic mass is 16.3. The second-order valence-electron chi connectivity index (χ2n) is 8.76. The topological polar surface area (TPSA) is 85.4 Å². The molecule has 28 heavy (non-hydrogen) atoms. The molecule has 2 amide bonds. The molecule has 1 aromatic carbocycles. The summed E-state index contributed by atoms with van der Waals surface area (Å²) in [5.41, 5.74) is 1.53. The highest BCUT2D eigenvalue weighted by Gasteiger charge is 2.53. The fourth-order valence-electron chi connectivity index (χ4n) is 4.53.